The number of hydrogen-bond donors (Lipinski definition) is 1. The van der Waals surface area contributed by atoms with Crippen molar-refractivity contribution in [3.05, 3.63) is 116 Å². The van der Waals surface area contributed by atoms with E-state index in [1.165, 1.54) is 46.7 Å². The molecule has 0 atom stereocenters. The van der Waals surface area contributed by atoms with E-state index in [0.29, 0.717) is 22.3 Å². The highest BCUT2D eigenvalue weighted by atomic mass is 35.5. The molecule has 0 aliphatic rings. The van der Waals surface area contributed by atoms with Crippen LogP contribution in [0.1, 0.15) is 57.0 Å². The second-order valence-corrected chi connectivity index (χ2v) is 12.5. The lowest BCUT2D eigenvalue weighted by Crippen LogP contribution is -2.31. The Labute approximate surface area is 256 Å². The summed E-state index contributed by atoms with van der Waals surface area (Å²) in [6.07, 6.45) is 4.11. The zero-order valence-corrected chi connectivity index (χ0v) is 25.1. The monoisotopic (exact) mass is 614 g/mol. The van der Waals surface area contributed by atoms with Crippen LogP contribution >= 0.6 is 22.9 Å². The number of hydrogen-bond acceptors (Lipinski definition) is 9. The molecule has 10 nitrogen and oxygen atoms in total. The summed E-state index contributed by atoms with van der Waals surface area (Å²) in [7, 11) is 0. The summed E-state index contributed by atoms with van der Waals surface area (Å²) in [4.78, 5) is 62.9. The molecule has 43 heavy (non-hydrogen) atoms. The maximum Gasteiger partial charge on any atom is 0.261 e. The second kappa shape index (κ2) is 12.2. The summed E-state index contributed by atoms with van der Waals surface area (Å²) in [5, 5.41) is 7.74. The van der Waals surface area contributed by atoms with Crippen molar-refractivity contribution < 1.29 is 14.4 Å². The van der Waals surface area contributed by atoms with E-state index in [1.54, 1.807) is 63.2 Å². The zero-order chi connectivity index (χ0) is 30.7. The van der Waals surface area contributed by atoms with E-state index >= 15 is 0 Å². The lowest BCUT2D eigenvalue weighted by molar-refractivity contribution is 0.0752. The van der Waals surface area contributed by atoms with E-state index in [0.717, 1.165) is 9.44 Å². The van der Waals surface area contributed by atoms with Crippen molar-refractivity contribution in [2.24, 2.45) is 5.41 Å². The highest BCUT2D eigenvalue weighted by molar-refractivity contribution is 7.16. The molecule has 0 unspecified atom stereocenters. The van der Waals surface area contributed by atoms with Gasteiger partial charge in [0.1, 0.15) is 17.2 Å². The molecule has 1 aromatic carbocycles. The first-order chi connectivity index (χ1) is 20.5. The number of thiophene rings is 1. The minimum absolute atomic E-state index is 0.0234. The maximum atomic E-state index is 14.0. The molecule has 0 aliphatic carbocycles. The first-order valence-electron chi connectivity index (χ1n) is 13.3. The molecule has 4 heterocycles. The predicted octanol–water partition coefficient (Wildman–Crippen LogP) is 5.63. The van der Waals surface area contributed by atoms with Gasteiger partial charge in [-0.15, -0.1) is 11.3 Å². The second-order valence-electron chi connectivity index (χ2n) is 10.7. The van der Waals surface area contributed by atoms with Crippen LogP contribution in [0.4, 0.5) is 5.82 Å². The van der Waals surface area contributed by atoms with Crippen molar-refractivity contribution in [1.29, 1.82) is 0 Å². The van der Waals surface area contributed by atoms with E-state index in [2.05, 4.69) is 20.4 Å². The molecule has 0 saturated carbocycles. The van der Waals surface area contributed by atoms with Crippen LogP contribution in [0, 0.1) is 5.41 Å². The topological polar surface area (TPSA) is 129 Å². The average molecular weight is 615 g/mol. The van der Waals surface area contributed by atoms with Gasteiger partial charge in [0, 0.05) is 34.3 Å². The standard InChI is InChI=1S/C31H27ClN6O4S/c1-31(2,3)30(42)38-27(35-16-20-9-12-26(32)43-20)15-22(36-38)21-10-11-24(28(40)19-7-5-4-6-8-19)37(29(21)41)18-25(39)23-17-33-13-14-34-23/h4-15,17,35H,16,18H2,1-3H3. The molecule has 1 N–H and O–H groups in total. The number of rotatable bonds is 9. The van der Waals surface area contributed by atoms with E-state index in [9.17, 15) is 19.2 Å². The van der Waals surface area contributed by atoms with E-state index in [-0.39, 0.29) is 28.6 Å². The Bertz CT molecular complexity index is 1870. The highest BCUT2D eigenvalue weighted by Gasteiger charge is 2.28. The fraction of sp³-hybridized carbons (Fsp3) is 0.194. The first-order valence-corrected chi connectivity index (χ1v) is 14.5. The van der Waals surface area contributed by atoms with E-state index in [4.69, 9.17) is 11.6 Å². The lowest BCUT2D eigenvalue weighted by atomic mass is 9.96. The zero-order valence-electron chi connectivity index (χ0n) is 23.6. The van der Waals surface area contributed by atoms with Crippen LogP contribution in [-0.2, 0) is 13.1 Å². The fourth-order valence-electron chi connectivity index (χ4n) is 4.27. The van der Waals surface area contributed by atoms with Gasteiger partial charge in [0.25, 0.3) is 11.5 Å². The molecule has 0 spiro atoms. The predicted molar refractivity (Wildman–Crippen MR) is 165 cm³/mol. The van der Waals surface area contributed by atoms with Gasteiger partial charge in [-0.05, 0) is 24.3 Å². The van der Waals surface area contributed by atoms with Crippen LogP contribution in [0.15, 0.2) is 84.0 Å². The smallest absolute Gasteiger partial charge is 0.261 e. The molecule has 4 aromatic heterocycles. The molecule has 218 valence electrons. The number of halogens is 1. The Kier molecular flexibility index (Phi) is 8.47. The van der Waals surface area contributed by atoms with Crippen molar-refractivity contribution in [3.8, 4) is 11.3 Å². The molecule has 0 bridgehead atoms. The lowest BCUT2D eigenvalue weighted by Gasteiger charge is -2.18. The number of Topliss-reactive ketones (excluding diaryl/α,β-unsaturated/α-hetero) is 1. The summed E-state index contributed by atoms with van der Waals surface area (Å²) < 4.78 is 2.99. The first kappa shape index (κ1) is 29.7. The third-order valence-corrected chi connectivity index (χ3v) is 7.72. The Morgan fingerprint density at radius 2 is 1.77 bits per heavy atom. The molecule has 5 aromatic rings. The Morgan fingerprint density at radius 3 is 2.42 bits per heavy atom. The third kappa shape index (κ3) is 6.52. The maximum absolute atomic E-state index is 14.0. The summed E-state index contributed by atoms with van der Waals surface area (Å²) in [6, 6.07) is 16.7. The number of ketones is 2. The Morgan fingerprint density at radius 1 is 1.00 bits per heavy atom. The van der Waals surface area contributed by atoms with Crippen molar-refractivity contribution in [2.75, 3.05) is 5.32 Å². The van der Waals surface area contributed by atoms with Gasteiger partial charge in [-0.3, -0.25) is 28.7 Å². The van der Waals surface area contributed by atoms with Gasteiger partial charge < -0.3 is 5.32 Å². The highest BCUT2D eigenvalue weighted by Crippen LogP contribution is 2.27. The quantitative estimate of drug-likeness (QED) is 0.212. The van der Waals surface area contributed by atoms with Gasteiger partial charge in [-0.2, -0.15) is 9.78 Å². The summed E-state index contributed by atoms with van der Waals surface area (Å²) in [5.74, 6) is -0.841. The summed E-state index contributed by atoms with van der Waals surface area (Å²) >= 11 is 7.48. The van der Waals surface area contributed by atoms with Crippen LogP contribution in [0.2, 0.25) is 4.34 Å². The minimum Gasteiger partial charge on any atom is -0.365 e. The number of nitrogens with one attached hydrogen (secondary N) is 1. The summed E-state index contributed by atoms with van der Waals surface area (Å²) in [5.41, 5.74) is -0.651. The number of nitrogens with zero attached hydrogens (tertiary/aromatic N) is 5. The van der Waals surface area contributed by atoms with Crippen LogP contribution < -0.4 is 10.9 Å². The van der Waals surface area contributed by atoms with E-state index in [1.807, 2.05) is 6.07 Å². The molecule has 5 rings (SSSR count). The molecule has 0 fully saturated rings. The number of aromatic nitrogens is 5. The van der Waals surface area contributed by atoms with Gasteiger partial charge in [0.05, 0.1) is 34.9 Å². The molecular formula is C31H27ClN6O4S. The number of benzene rings is 1. The molecule has 0 radical (unpaired) electrons. The third-order valence-electron chi connectivity index (χ3n) is 6.49. The van der Waals surface area contributed by atoms with Crippen LogP contribution in [0.3, 0.4) is 0 Å². The molecular weight excluding hydrogens is 588 g/mol. The Balaban J connectivity index is 1.60. The molecule has 0 saturated heterocycles. The van der Waals surface area contributed by atoms with Crippen LogP contribution in [0.5, 0.6) is 0 Å². The van der Waals surface area contributed by atoms with Gasteiger partial charge >= 0.3 is 0 Å². The molecule has 12 heteroatoms. The van der Waals surface area contributed by atoms with E-state index < -0.39 is 29.1 Å². The minimum atomic E-state index is -0.777. The van der Waals surface area contributed by atoms with Crippen LogP contribution in [0.25, 0.3) is 11.3 Å². The summed E-state index contributed by atoms with van der Waals surface area (Å²) in [6.45, 7) is 5.24. The normalized spacial score (nSPS) is 11.3. The van der Waals surface area contributed by atoms with Crippen molar-refractivity contribution in [3.63, 3.8) is 0 Å². The fourth-order valence-corrected chi connectivity index (χ4v) is 5.30. The van der Waals surface area contributed by atoms with Gasteiger partial charge in [-0.25, -0.2) is 4.98 Å². The van der Waals surface area contributed by atoms with Crippen LogP contribution in [-0.4, -0.2) is 41.8 Å². The van der Waals surface area contributed by atoms with Gasteiger partial charge in [0.2, 0.25) is 11.6 Å². The van der Waals surface area contributed by atoms with Gasteiger partial charge in [0.15, 0.2) is 0 Å². The average Bonchev–Trinajstić information content (AvgIpc) is 3.62. The SMILES string of the molecule is CC(C)(C)C(=O)n1nc(-c2ccc(C(=O)c3ccccc3)n(CC(=O)c3cnccn3)c2=O)cc1NCc1ccc(Cl)s1. The molecule has 0 aliphatic heterocycles. The number of carbonyl (C=O) groups is 3. The molecule has 0 amide bonds. The largest absolute Gasteiger partial charge is 0.365 e. The Hall–Kier alpha value is -4.74. The number of pyridine rings is 1. The number of anilines is 1. The van der Waals surface area contributed by atoms with Crippen molar-refractivity contribution in [2.45, 2.75) is 33.9 Å². The van der Waals surface area contributed by atoms with Gasteiger partial charge in [-0.1, -0.05) is 62.7 Å². The van der Waals surface area contributed by atoms with Crippen molar-refractivity contribution in [1.82, 2.24) is 24.3 Å². The number of carbonyl (C=O) groups excluding carboxylic acids is 3. The van der Waals surface area contributed by atoms with Crippen molar-refractivity contribution >= 4 is 46.2 Å².